The molecule has 3 N–H and O–H groups in total. The number of aromatic amines is 1. The molecule has 10 heteroatoms. The number of hydrogen-bond acceptors (Lipinski definition) is 6. The van der Waals surface area contributed by atoms with Crippen LogP contribution in [0.1, 0.15) is 59.0 Å². The molecule has 4 aromatic rings. The maximum atomic E-state index is 13.3. The minimum absolute atomic E-state index is 0.0979. The second-order valence-corrected chi connectivity index (χ2v) is 11.4. The lowest BCUT2D eigenvalue weighted by Gasteiger charge is -2.26. The molecule has 1 fully saturated rings. The number of fused-ring (bicyclic) bond motifs is 1. The van der Waals surface area contributed by atoms with Gasteiger partial charge in [0.1, 0.15) is 5.60 Å². The number of aliphatic imine (C=N–C) groups is 1. The Kier molecular flexibility index (Phi) is 8.20. The standard InChI is InChI=1S/C33H34N4O6/c1-33(2,3)43-32(42)37-17-7-16-36(18-19-37)30(39)22-10-13-24(14-11-22)34-28(21-8-5-4-6-9-21)27-25-15-12-23(31(40)41)20-26(25)35-29(27)38/h4-6,8-15,20,35,38H,7,16-19H2,1-3H3,(H,40,41). The summed E-state index contributed by atoms with van der Waals surface area (Å²) >= 11 is 0. The van der Waals surface area contributed by atoms with Crippen LogP contribution in [0.5, 0.6) is 5.88 Å². The molecule has 0 atom stereocenters. The molecule has 2 heterocycles. The molecular weight excluding hydrogens is 548 g/mol. The number of carbonyl (C=O) groups excluding carboxylic acids is 2. The van der Waals surface area contributed by atoms with Crippen LogP contribution in [0.15, 0.2) is 77.8 Å². The van der Waals surface area contributed by atoms with Gasteiger partial charge in [-0.1, -0.05) is 36.4 Å². The lowest BCUT2D eigenvalue weighted by molar-refractivity contribution is 0.0255. The molecule has 1 aromatic heterocycles. The van der Waals surface area contributed by atoms with Crippen LogP contribution in [-0.2, 0) is 4.74 Å². The van der Waals surface area contributed by atoms with Crippen LogP contribution in [-0.4, -0.2) is 80.5 Å². The van der Waals surface area contributed by atoms with E-state index in [2.05, 4.69) is 4.98 Å². The summed E-state index contributed by atoms with van der Waals surface area (Å²) in [6.45, 7) is 7.33. The minimum atomic E-state index is -1.07. The number of amides is 2. The Morgan fingerprint density at radius 1 is 0.837 bits per heavy atom. The van der Waals surface area contributed by atoms with E-state index in [0.29, 0.717) is 66.0 Å². The fourth-order valence-corrected chi connectivity index (χ4v) is 5.04. The quantitative estimate of drug-likeness (QED) is 0.254. The van der Waals surface area contributed by atoms with E-state index >= 15 is 0 Å². The second-order valence-electron chi connectivity index (χ2n) is 11.4. The first-order chi connectivity index (χ1) is 20.5. The number of hydrogen-bond donors (Lipinski definition) is 3. The van der Waals surface area contributed by atoms with Crippen LogP contribution >= 0.6 is 0 Å². The number of nitrogens with zero attached hydrogens (tertiary/aromatic N) is 3. The Balaban J connectivity index is 1.40. The van der Waals surface area contributed by atoms with Gasteiger partial charge in [0.15, 0.2) is 5.88 Å². The van der Waals surface area contributed by atoms with Gasteiger partial charge in [-0.15, -0.1) is 0 Å². The highest BCUT2D eigenvalue weighted by atomic mass is 16.6. The number of carboxylic acid groups (broad SMARTS) is 1. The van der Waals surface area contributed by atoms with Crippen molar-refractivity contribution in [1.82, 2.24) is 14.8 Å². The minimum Gasteiger partial charge on any atom is -0.494 e. The molecule has 3 aromatic carbocycles. The van der Waals surface area contributed by atoms with Gasteiger partial charge in [-0.05, 0) is 63.6 Å². The summed E-state index contributed by atoms with van der Waals surface area (Å²) in [5.41, 5.74) is 2.74. The van der Waals surface area contributed by atoms with Crippen molar-refractivity contribution in [3.63, 3.8) is 0 Å². The first kappa shape index (κ1) is 29.4. The summed E-state index contributed by atoms with van der Waals surface area (Å²) in [4.78, 5) is 48.4. The summed E-state index contributed by atoms with van der Waals surface area (Å²) in [5, 5.41) is 20.9. The Labute approximate surface area is 249 Å². The predicted molar refractivity (Wildman–Crippen MR) is 163 cm³/mol. The number of aromatic carboxylic acids is 1. The van der Waals surface area contributed by atoms with Crippen molar-refractivity contribution in [3.8, 4) is 5.88 Å². The van der Waals surface area contributed by atoms with Crippen molar-refractivity contribution >= 4 is 40.3 Å². The van der Waals surface area contributed by atoms with Gasteiger partial charge in [0.25, 0.3) is 5.91 Å². The van der Waals surface area contributed by atoms with Gasteiger partial charge in [0.2, 0.25) is 0 Å². The average molecular weight is 583 g/mol. The molecule has 5 rings (SSSR count). The summed E-state index contributed by atoms with van der Waals surface area (Å²) in [6.07, 6.45) is 0.275. The third-order valence-corrected chi connectivity index (χ3v) is 7.10. The Morgan fingerprint density at radius 2 is 1.49 bits per heavy atom. The molecule has 1 aliphatic rings. The SMILES string of the molecule is CC(C)(C)OC(=O)N1CCCN(C(=O)c2ccc(N=C(c3ccccc3)c3c(O)[nH]c4cc(C(=O)O)ccc34)cc2)CC1. The van der Waals surface area contributed by atoms with Crippen molar-refractivity contribution in [2.24, 2.45) is 4.99 Å². The number of aromatic nitrogens is 1. The maximum absolute atomic E-state index is 13.3. The number of benzene rings is 3. The van der Waals surface area contributed by atoms with Gasteiger partial charge >= 0.3 is 12.1 Å². The summed E-state index contributed by atoms with van der Waals surface area (Å²) in [5.74, 6) is -1.33. The number of carboxylic acids is 1. The van der Waals surface area contributed by atoms with Crippen molar-refractivity contribution in [2.75, 3.05) is 26.2 Å². The number of aromatic hydroxyl groups is 1. The van der Waals surface area contributed by atoms with Crippen LogP contribution in [0.2, 0.25) is 0 Å². The molecular formula is C33H34N4O6. The lowest BCUT2D eigenvalue weighted by atomic mass is 10.00. The largest absolute Gasteiger partial charge is 0.494 e. The average Bonchev–Trinajstić information content (AvgIpc) is 3.12. The van der Waals surface area contributed by atoms with Crippen LogP contribution in [0.25, 0.3) is 10.9 Å². The maximum Gasteiger partial charge on any atom is 0.410 e. The van der Waals surface area contributed by atoms with Gasteiger partial charge < -0.3 is 29.7 Å². The fraction of sp³-hybridized carbons (Fsp3) is 0.273. The van der Waals surface area contributed by atoms with E-state index in [0.717, 1.165) is 5.56 Å². The van der Waals surface area contributed by atoms with E-state index in [1.807, 2.05) is 51.1 Å². The highest BCUT2D eigenvalue weighted by Crippen LogP contribution is 2.32. The zero-order valence-corrected chi connectivity index (χ0v) is 24.3. The number of ether oxygens (including phenoxy) is 1. The zero-order valence-electron chi connectivity index (χ0n) is 24.3. The molecule has 0 saturated carbocycles. The molecule has 1 aliphatic heterocycles. The van der Waals surface area contributed by atoms with Crippen molar-refractivity contribution in [3.05, 3.63) is 95.1 Å². The van der Waals surface area contributed by atoms with Gasteiger partial charge in [0, 0.05) is 48.2 Å². The molecule has 2 amide bonds. The number of H-pyrrole nitrogens is 1. The Morgan fingerprint density at radius 3 is 2.16 bits per heavy atom. The van der Waals surface area contributed by atoms with Crippen LogP contribution in [0.3, 0.4) is 0 Å². The third kappa shape index (κ3) is 6.69. The molecule has 0 radical (unpaired) electrons. The first-order valence-electron chi connectivity index (χ1n) is 14.1. The number of rotatable bonds is 5. The highest BCUT2D eigenvalue weighted by molar-refractivity contribution is 6.22. The van der Waals surface area contributed by atoms with E-state index in [1.54, 1.807) is 40.1 Å². The molecule has 222 valence electrons. The molecule has 0 unspecified atom stereocenters. The summed E-state index contributed by atoms with van der Waals surface area (Å²) in [7, 11) is 0. The Bertz CT molecular complexity index is 1690. The molecule has 43 heavy (non-hydrogen) atoms. The topological polar surface area (TPSA) is 136 Å². The summed E-state index contributed by atoms with van der Waals surface area (Å²) < 4.78 is 5.49. The lowest BCUT2D eigenvalue weighted by Crippen LogP contribution is -2.40. The summed E-state index contributed by atoms with van der Waals surface area (Å²) in [6, 6.07) is 20.9. The van der Waals surface area contributed by atoms with Crippen LogP contribution in [0.4, 0.5) is 10.5 Å². The number of nitrogens with one attached hydrogen (secondary N) is 1. The predicted octanol–water partition coefficient (Wildman–Crippen LogP) is 5.82. The molecule has 1 saturated heterocycles. The zero-order chi connectivity index (χ0) is 30.7. The molecule has 0 bridgehead atoms. The second kappa shape index (κ2) is 12.0. The van der Waals surface area contributed by atoms with E-state index in [-0.39, 0.29) is 23.4 Å². The van der Waals surface area contributed by atoms with Gasteiger partial charge in [-0.3, -0.25) is 4.79 Å². The third-order valence-electron chi connectivity index (χ3n) is 7.10. The Hall–Kier alpha value is -5.12. The van der Waals surface area contributed by atoms with E-state index in [1.165, 1.54) is 12.1 Å². The van der Waals surface area contributed by atoms with Crippen LogP contribution in [0, 0.1) is 0 Å². The van der Waals surface area contributed by atoms with Gasteiger partial charge in [-0.2, -0.15) is 0 Å². The van der Waals surface area contributed by atoms with Crippen LogP contribution < -0.4 is 0 Å². The van der Waals surface area contributed by atoms with Crippen molar-refractivity contribution in [1.29, 1.82) is 0 Å². The highest BCUT2D eigenvalue weighted by Gasteiger charge is 2.26. The molecule has 10 nitrogen and oxygen atoms in total. The van der Waals surface area contributed by atoms with E-state index in [4.69, 9.17) is 9.73 Å². The van der Waals surface area contributed by atoms with Gasteiger partial charge in [-0.25, -0.2) is 14.6 Å². The molecule has 0 spiro atoms. The first-order valence-corrected chi connectivity index (χ1v) is 14.1. The van der Waals surface area contributed by atoms with Crippen molar-refractivity contribution in [2.45, 2.75) is 32.8 Å². The van der Waals surface area contributed by atoms with Gasteiger partial charge in [0.05, 0.1) is 22.5 Å². The van der Waals surface area contributed by atoms with Crippen molar-refractivity contribution < 1.29 is 29.3 Å². The van der Waals surface area contributed by atoms with E-state index in [9.17, 15) is 24.6 Å². The number of carbonyl (C=O) groups is 3. The fourth-order valence-electron chi connectivity index (χ4n) is 5.04. The van der Waals surface area contributed by atoms with E-state index < -0.39 is 11.6 Å². The molecule has 0 aliphatic carbocycles. The monoisotopic (exact) mass is 582 g/mol. The smallest absolute Gasteiger partial charge is 0.410 e. The normalized spacial score (nSPS) is 14.4.